The maximum atomic E-state index is 13.0. The Bertz CT molecular complexity index is 736. The highest BCUT2D eigenvalue weighted by atomic mass is 16.5. The van der Waals surface area contributed by atoms with Crippen LogP contribution < -0.4 is 4.90 Å². The van der Waals surface area contributed by atoms with Gasteiger partial charge in [0, 0.05) is 44.6 Å². The SMILES string of the molecule is Cn1cc([C@@H]2CCCN2C(=O)c2ccc(N3CCOCC3)nc2)cn1. The van der Waals surface area contributed by atoms with Crippen molar-refractivity contribution in [3.8, 4) is 0 Å². The molecule has 1 amide bonds. The molecule has 0 spiro atoms. The summed E-state index contributed by atoms with van der Waals surface area (Å²) in [6, 6.07) is 3.94. The molecule has 0 aliphatic carbocycles. The number of aryl methyl sites for hydroxylation is 1. The first-order valence-electron chi connectivity index (χ1n) is 8.80. The number of carbonyl (C=O) groups is 1. The van der Waals surface area contributed by atoms with E-state index in [1.54, 1.807) is 10.9 Å². The quantitative estimate of drug-likeness (QED) is 0.849. The van der Waals surface area contributed by atoms with E-state index in [2.05, 4.69) is 15.0 Å². The predicted molar refractivity (Wildman–Crippen MR) is 93.5 cm³/mol. The van der Waals surface area contributed by atoms with Crippen LogP contribution in [0.2, 0.25) is 0 Å². The normalized spacial score (nSPS) is 20.9. The van der Waals surface area contributed by atoms with Gasteiger partial charge in [-0.3, -0.25) is 9.48 Å². The second-order valence-electron chi connectivity index (χ2n) is 6.61. The average molecular weight is 341 g/mol. The van der Waals surface area contributed by atoms with E-state index in [9.17, 15) is 4.79 Å². The Morgan fingerprint density at radius 3 is 2.72 bits per heavy atom. The first-order chi connectivity index (χ1) is 12.2. The van der Waals surface area contributed by atoms with E-state index in [4.69, 9.17) is 4.74 Å². The molecule has 7 heteroatoms. The molecule has 0 N–H and O–H groups in total. The molecule has 4 rings (SSSR count). The molecule has 0 bridgehead atoms. The van der Waals surface area contributed by atoms with Crippen molar-refractivity contribution in [2.75, 3.05) is 37.7 Å². The minimum atomic E-state index is 0.0485. The molecule has 0 radical (unpaired) electrons. The van der Waals surface area contributed by atoms with Crippen LogP contribution in [-0.4, -0.2) is 58.4 Å². The number of hydrogen-bond donors (Lipinski definition) is 0. The number of rotatable bonds is 3. The molecule has 2 aromatic rings. The number of anilines is 1. The van der Waals surface area contributed by atoms with Crippen LogP contribution in [0.4, 0.5) is 5.82 Å². The smallest absolute Gasteiger partial charge is 0.255 e. The third-order valence-electron chi connectivity index (χ3n) is 4.95. The molecule has 132 valence electrons. The monoisotopic (exact) mass is 341 g/mol. The third-order valence-corrected chi connectivity index (χ3v) is 4.95. The number of ether oxygens (including phenoxy) is 1. The minimum absolute atomic E-state index is 0.0485. The highest BCUT2D eigenvalue weighted by Gasteiger charge is 2.31. The maximum absolute atomic E-state index is 13.0. The van der Waals surface area contributed by atoms with Crippen molar-refractivity contribution in [2.24, 2.45) is 7.05 Å². The van der Waals surface area contributed by atoms with Crippen LogP contribution in [-0.2, 0) is 11.8 Å². The molecular formula is C18H23N5O2. The van der Waals surface area contributed by atoms with Gasteiger partial charge >= 0.3 is 0 Å². The van der Waals surface area contributed by atoms with E-state index >= 15 is 0 Å². The first kappa shape index (κ1) is 16.1. The van der Waals surface area contributed by atoms with Crippen LogP contribution in [0, 0.1) is 0 Å². The highest BCUT2D eigenvalue weighted by Crippen LogP contribution is 2.32. The van der Waals surface area contributed by atoms with Crippen molar-refractivity contribution in [3.63, 3.8) is 0 Å². The van der Waals surface area contributed by atoms with Gasteiger partial charge in [0.2, 0.25) is 0 Å². The number of pyridine rings is 1. The van der Waals surface area contributed by atoms with Crippen LogP contribution in [0.5, 0.6) is 0 Å². The molecule has 25 heavy (non-hydrogen) atoms. The number of morpholine rings is 1. The van der Waals surface area contributed by atoms with Crippen molar-refractivity contribution < 1.29 is 9.53 Å². The Hall–Kier alpha value is -2.41. The minimum Gasteiger partial charge on any atom is -0.378 e. The van der Waals surface area contributed by atoms with Gasteiger partial charge in [-0.05, 0) is 25.0 Å². The molecule has 0 unspecified atom stereocenters. The molecule has 2 aromatic heterocycles. The van der Waals surface area contributed by atoms with E-state index in [-0.39, 0.29) is 11.9 Å². The van der Waals surface area contributed by atoms with E-state index < -0.39 is 0 Å². The fourth-order valence-electron chi connectivity index (χ4n) is 3.63. The summed E-state index contributed by atoms with van der Waals surface area (Å²) in [4.78, 5) is 21.6. The summed E-state index contributed by atoms with van der Waals surface area (Å²) in [6.07, 6.45) is 7.55. The molecule has 0 saturated carbocycles. The zero-order valence-electron chi connectivity index (χ0n) is 14.5. The molecule has 4 heterocycles. The van der Waals surface area contributed by atoms with Gasteiger partial charge in [0.05, 0.1) is 31.0 Å². The van der Waals surface area contributed by atoms with Crippen molar-refractivity contribution in [2.45, 2.75) is 18.9 Å². The lowest BCUT2D eigenvalue weighted by molar-refractivity contribution is 0.0735. The van der Waals surface area contributed by atoms with Gasteiger partial charge in [-0.25, -0.2) is 4.98 Å². The van der Waals surface area contributed by atoms with E-state index in [1.165, 1.54) is 0 Å². The van der Waals surface area contributed by atoms with Gasteiger partial charge in [0.15, 0.2) is 0 Å². The number of hydrogen-bond acceptors (Lipinski definition) is 5. The van der Waals surface area contributed by atoms with E-state index in [1.807, 2.05) is 36.5 Å². The Balaban J connectivity index is 1.50. The third kappa shape index (κ3) is 3.24. The summed E-state index contributed by atoms with van der Waals surface area (Å²) in [5.41, 5.74) is 1.75. The molecule has 2 fully saturated rings. The van der Waals surface area contributed by atoms with Gasteiger partial charge in [-0.15, -0.1) is 0 Å². The Labute approximate surface area is 147 Å². The van der Waals surface area contributed by atoms with Gasteiger partial charge in [-0.2, -0.15) is 5.10 Å². The van der Waals surface area contributed by atoms with Crippen LogP contribution in [0.3, 0.4) is 0 Å². The number of amides is 1. The average Bonchev–Trinajstić information content (AvgIpc) is 3.31. The van der Waals surface area contributed by atoms with Crippen LogP contribution in [0.15, 0.2) is 30.7 Å². The predicted octanol–water partition coefficient (Wildman–Crippen LogP) is 1.63. The fraction of sp³-hybridized carbons (Fsp3) is 0.500. The number of aromatic nitrogens is 3. The molecule has 0 aromatic carbocycles. The molecule has 7 nitrogen and oxygen atoms in total. The fourth-order valence-corrected chi connectivity index (χ4v) is 3.63. The molecule has 2 aliphatic rings. The lowest BCUT2D eigenvalue weighted by atomic mass is 10.1. The Morgan fingerprint density at radius 2 is 2.04 bits per heavy atom. The first-order valence-corrected chi connectivity index (χ1v) is 8.80. The Kier molecular flexibility index (Phi) is 4.40. The Morgan fingerprint density at radius 1 is 1.20 bits per heavy atom. The zero-order valence-corrected chi connectivity index (χ0v) is 14.5. The van der Waals surface area contributed by atoms with Gasteiger partial charge in [0.1, 0.15) is 5.82 Å². The molecular weight excluding hydrogens is 318 g/mol. The van der Waals surface area contributed by atoms with Gasteiger partial charge in [0.25, 0.3) is 5.91 Å². The largest absolute Gasteiger partial charge is 0.378 e. The molecule has 2 saturated heterocycles. The van der Waals surface area contributed by atoms with E-state index in [0.29, 0.717) is 5.56 Å². The van der Waals surface area contributed by atoms with Crippen molar-refractivity contribution >= 4 is 11.7 Å². The van der Waals surface area contributed by atoms with Crippen LogP contribution >= 0.6 is 0 Å². The maximum Gasteiger partial charge on any atom is 0.255 e. The second-order valence-corrected chi connectivity index (χ2v) is 6.61. The standard InChI is InChI=1S/C18H23N5O2/c1-21-13-15(12-20-21)16-3-2-6-23(16)18(24)14-4-5-17(19-11-14)22-7-9-25-10-8-22/h4-5,11-13,16H,2-3,6-10H2,1H3/t16-/m0/s1. The number of likely N-dealkylation sites (tertiary alicyclic amines) is 1. The van der Waals surface area contributed by atoms with Crippen LogP contribution in [0.1, 0.15) is 34.8 Å². The summed E-state index contributed by atoms with van der Waals surface area (Å²) in [6.45, 7) is 3.92. The summed E-state index contributed by atoms with van der Waals surface area (Å²) in [5.74, 6) is 0.956. The summed E-state index contributed by atoms with van der Waals surface area (Å²) in [5, 5.41) is 4.24. The highest BCUT2D eigenvalue weighted by molar-refractivity contribution is 5.94. The topological polar surface area (TPSA) is 63.5 Å². The summed E-state index contributed by atoms with van der Waals surface area (Å²) < 4.78 is 7.16. The van der Waals surface area contributed by atoms with Crippen molar-refractivity contribution in [1.82, 2.24) is 19.7 Å². The van der Waals surface area contributed by atoms with Crippen LogP contribution in [0.25, 0.3) is 0 Å². The van der Waals surface area contributed by atoms with Gasteiger partial charge < -0.3 is 14.5 Å². The zero-order chi connectivity index (χ0) is 17.2. The molecule has 2 aliphatic heterocycles. The number of nitrogens with zero attached hydrogens (tertiary/aromatic N) is 5. The van der Waals surface area contributed by atoms with Gasteiger partial charge in [-0.1, -0.05) is 0 Å². The summed E-state index contributed by atoms with van der Waals surface area (Å²) in [7, 11) is 1.90. The van der Waals surface area contributed by atoms with Crippen molar-refractivity contribution in [1.29, 1.82) is 0 Å². The second kappa shape index (κ2) is 6.84. The van der Waals surface area contributed by atoms with Crippen molar-refractivity contribution in [3.05, 3.63) is 41.9 Å². The lowest BCUT2D eigenvalue weighted by Crippen LogP contribution is -2.36. The molecule has 1 atom stereocenters. The van der Waals surface area contributed by atoms with E-state index in [0.717, 1.165) is 57.1 Å². The summed E-state index contributed by atoms with van der Waals surface area (Å²) >= 11 is 0. The lowest BCUT2D eigenvalue weighted by Gasteiger charge is -2.28. The number of carbonyl (C=O) groups excluding carboxylic acids is 1.